The molecule has 1 aromatic carbocycles. The van der Waals surface area contributed by atoms with Crippen LogP contribution in [0.25, 0.3) is 0 Å². The summed E-state index contributed by atoms with van der Waals surface area (Å²) in [6.45, 7) is 2.08. The quantitative estimate of drug-likeness (QED) is 0.739. The van der Waals surface area contributed by atoms with Crippen LogP contribution in [0.2, 0.25) is 0 Å². The molecule has 2 aliphatic heterocycles. The van der Waals surface area contributed by atoms with E-state index < -0.39 is 0 Å². The van der Waals surface area contributed by atoms with Gasteiger partial charge in [-0.1, -0.05) is 24.6 Å². The first-order chi connectivity index (χ1) is 8.34. The van der Waals surface area contributed by atoms with Crippen molar-refractivity contribution in [2.75, 3.05) is 18.4 Å². The number of piperidine rings is 1. The molecule has 90 valence electrons. The zero-order valence-electron chi connectivity index (χ0n) is 9.98. The van der Waals surface area contributed by atoms with Crippen molar-refractivity contribution in [2.24, 2.45) is 0 Å². The third kappa shape index (κ3) is 2.07. The Labute approximate surface area is 102 Å². The van der Waals surface area contributed by atoms with Gasteiger partial charge in [0, 0.05) is 12.2 Å². The van der Waals surface area contributed by atoms with Crippen LogP contribution in [-0.4, -0.2) is 29.9 Å². The van der Waals surface area contributed by atoms with Crippen LogP contribution in [0, 0.1) is 0 Å². The average molecular weight is 230 g/mol. The highest BCUT2D eigenvalue weighted by molar-refractivity contribution is 5.95. The molecule has 3 heteroatoms. The van der Waals surface area contributed by atoms with E-state index in [1.165, 1.54) is 18.4 Å². The van der Waals surface area contributed by atoms with Gasteiger partial charge in [0.05, 0.1) is 6.04 Å². The lowest BCUT2D eigenvalue weighted by atomic mass is 9.98. The Kier molecular flexibility index (Phi) is 2.85. The minimum absolute atomic E-state index is 0.0945. The molecule has 3 rings (SSSR count). The number of hydrogen-bond acceptors (Lipinski definition) is 2. The summed E-state index contributed by atoms with van der Waals surface area (Å²) >= 11 is 0. The van der Waals surface area contributed by atoms with E-state index in [4.69, 9.17) is 0 Å². The Morgan fingerprint density at radius 3 is 3.00 bits per heavy atom. The van der Waals surface area contributed by atoms with E-state index >= 15 is 0 Å². The number of para-hydroxylation sites is 1. The first kappa shape index (κ1) is 10.8. The highest BCUT2D eigenvalue weighted by Crippen LogP contribution is 2.24. The van der Waals surface area contributed by atoms with Crippen molar-refractivity contribution in [1.29, 1.82) is 0 Å². The fourth-order valence-electron chi connectivity index (χ4n) is 2.90. The molecule has 2 aliphatic rings. The first-order valence-electron chi connectivity index (χ1n) is 6.47. The Morgan fingerprint density at radius 1 is 1.18 bits per heavy atom. The van der Waals surface area contributed by atoms with Crippen LogP contribution in [-0.2, 0) is 11.2 Å². The second-order valence-electron chi connectivity index (χ2n) is 4.94. The van der Waals surface area contributed by atoms with E-state index in [1.54, 1.807) is 0 Å². The Bertz CT molecular complexity index is 430. The van der Waals surface area contributed by atoms with Crippen molar-refractivity contribution < 1.29 is 4.79 Å². The molecule has 0 aromatic heterocycles. The van der Waals surface area contributed by atoms with Gasteiger partial charge >= 0.3 is 0 Å². The highest BCUT2D eigenvalue weighted by Gasteiger charge is 2.30. The topological polar surface area (TPSA) is 32.3 Å². The molecule has 0 radical (unpaired) electrons. The zero-order chi connectivity index (χ0) is 11.7. The van der Waals surface area contributed by atoms with Gasteiger partial charge in [-0.3, -0.25) is 9.69 Å². The summed E-state index contributed by atoms with van der Waals surface area (Å²) in [5.74, 6) is 0.178. The summed E-state index contributed by atoms with van der Waals surface area (Å²) in [6, 6.07) is 8.24. The Balaban J connectivity index is 1.90. The van der Waals surface area contributed by atoms with Crippen molar-refractivity contribution >= 4 is 11.6 Å². The number of benzene rings is 1. The fraction of sp³-hybridized carbons (Fsp3) is 0.500. The van der Waals surface area contributed by atoms with Gasteiger partial charge in [0.15, 0.2) is 0 Å². The standard InChI is InChI=1S/C14H18N2O/c17-14-13-7-3-4-9-16(13)10-8-11-5-1-2-6-12(11)15-14/h1-2,5-6,13H,3-4,7-10H2,(H,15,17). The molecule has 1 atom stereocenters. The lowest BCUT2D eigenvalue weighted by Crippen LogP contribution is -2.48. The molecule has 1 aromatic rings. The van der Waals surface area contributed by atoms with Crippen LogP contribution in [0.3, 0.4) is 0 Å². The number of anilines is 1. The molecule has 0 saturated carbocycles. The fourth-order valence-corrected chi connectivity index (χ4v) is 2.90. The SMILES string of the molecule is O=C1Nc2ccccc2CCN2CCCCC12. The number of amides is 1. The number of carbonyl (C=O) groups is 1. The van der Waals surface area contributed by atoms with Gasteiger partial charge in [0.25, 0.3) is 0 Å². The molecular formula is C14H18N2O. The minimum Gasteiger partial charge on any atom is -0.324 e. The van der Waals surface area contributed by atoms with Crippen molar-refractivity contribution in [3.8, 4) is 0 Å². The predicted molar refractivity (Wildman–Crippen MR) is 68.0 cm³/mol. The number of rotatable bonds is 0. The minimum atomic E-state index is 0.0945. The maximum absolute atomic E-state index is 12.2. The van der Waals surface area contributed by atoms with Gasteiger partial charge in [-0.15, -0.1) is 0 Å². The normalized spacial score (nSPS) is 25.2. The van der Waals surface area contributed by atoms with Crippen LogP contribution in [0.15, 0.2) is 24.3 Å². The molecule has 2 heterocycles. The van der Waals surface area contributed by atoms with Gasteiger partial charge < -0.3 is 5.32 Å². The first-order valence-corrected chi connectivity index (χ1v) is 6.47. The van der Waals surface area contributed by atoms with Crippen LogP contribution in [0.1, 0.15) is 24.8 Å². The zero-order valence-corrected chi connectivity index (χ0v) is 9.98. The Hall–Kier alpha value is -1.35. The second-order valence-corrected chi connectivity index (χ2v) is 4.94. The molecule has 1 unspecified atom stereocenters. The number of fused-ring (bicyclic) bond motifs is 2. The monoisotopic (exact) mass is 230 g/mol. The lowest BCUT2D eigenvalue weighted by molar-refractivity contribution is -0.122. The maximum atomic E-state index is 12.2. The number of hydrogen-bond donors (Lipinski definition) is 1. The van der Waals surface area contributed by atoms with Gasteiger partial charge in [-0.25, -0.2) is 0 Å². The van der Waals surface area contributed by atoms with Gasteiger partial charge in [0.2, 0.25) is 5.91 Å². The largest absolute Gasteiger partial charge is 0.324 e. The van der Waals surface area contributed by atoms with E-state index in [9.17, 15) is 4.79 Å². The summed E-state index contributed by atoms with van der Waals surface area (Å²) in [5.41, 5.74) is 2.26. The molecule has 1 amide bonds. The van der Waals surface area contributed by atoms with Crippen molar-refractivity contribution in [3.63, 3.8) is 0 Å². The number of carbonyl (C=O) groups excluding carboxylic acids is 1. The summed E-state index contributed by atoms with van der Waals surface area (Å²) in [5, 5.41) is 3.08. The summed E-state index contributed by atoms with van der Waals surface area (Å²) < 4.78 is 0. The maximum Gasteiger partial charge on any atom is 0.241 e. The Morgan fingerprint density at radius 2 is 2.06 bits per heavy atom. The number of nitrogens with one attached hydrogen (secondary N) is 1. The molecule has 3 nitrogen and oxygen atoms in total. The predicted octanol–water partition coefficient (Wildman–Crippen LogP) is 2.04. The lowest BCUT2D eigenvalue weighted by Gasteiger charge is -2.36. The van der Waals surface area contributed by atoms with Crippen molar-refractivity contribution in [3.05, 3.63) is 29.8 Å². The van der Waals surface area contributed by atoms with Crippen LogP contribution in [0.5, 0.6) is 0 Å². The van der Waals surface area contributed by atoms with Gasteiger partial charge in [-0.05, 0) is 37.4 Å². The molecule has 0 aliphatic carbocycles. The van der Waals surface area contributed by atoms with E-state index in [0.29, 0.717) is 0 Å². The highest BCUT2D eigenvalue weighted by atomic mass is 16.2. The van der Waals surface area contributed by atoms with E-state index in [-0.39, 0.29) is 11.9 Å². The molecule has 1 fully saturated rings. The van der Waals surface area contributed by atoms with Crippen molar-refractivity contribution in [2.45, 2.75) is 31.7 Å². The van der Waals surface area contributed by atoms with E-state index in [0.717, 1.165) is 31.6 Å². The van der Waals surface area contributed by atoms with E-state index in [2.05, 4.69) is 16.3 Å². The summed E-state index contributed by atoms with van der Waals surface area (Å²) in [4.78, 5) is 14.6. The number of nitrogens with zero attached hydrogens (tertiary/aromatic N) is 1. The van der Waals surface area contributed by atoms with Crippen LogP contribution >= 0.6 is 0 Å². The van der Waals surface area contributed by atoms with Crippen LogP contribution in [0.4, 0.5) is 5.69 Å². The van der Waals surface area contributed by atoms with Crippen molar-refractivity contribution in [1.82, 2.24) is 4.90 Å². The van der Waals surface area contributed by atoms with Gasteiger partial charge in [0.1, 0.15) is 0 Å². The molecule has 1 N–H and O–H groups in total. The van der Waals surface area contributed by atoms with Gasteiger partial charge in [-0.2, -0.15) is 0 Å². The molecule has 17 heavy (non-hydrogen) atoms. The third-order valence-electron chi connectivity index (χ3n) is 3.86. The molecule has 0 bridgehead atoms. The summed E-state index contributed by atoms with van der Waals surface area (Å²) in [6.07, 6.45) is 4.45. The molecule has 0 spiro atoms. The summed E-state index contributed by atoms with van der Waals surface area (Å²) in [7, 11) is 0. The van der Waals surface area contributed by atoms with E-state index in [1.807, 2.05) is 18.2 Å². The smallest absolute Gasteiger partial charge is 0.241 e. The van der Waals surface area contributed by atoms with Crippen LogP contribution < -0.4 is 5.32 Å². The second kappa shape index (κ2) is 4.49. The third-order valence-corrected chi connectivity index (χ3v) is 3.86. The molecular weight excluding hydrogens is 212 g/mol. The molecule has 1 saturated heterocycles. The average Bonchev–Trinajstić information content (AvgIpc) is 2.36.